The first-order valence-corrected chi connectivity index (χ1v) is 9.65. The zero-order chi connectivity index (χ0) is 21.6. The monoisotopic (exact) mass is 424 g/mol. The third-order valence-electron chi connectivity index (χ3n) is 4.82. The van der Waals surface area contributed by atoms with Crippen LogP contribution in [0.25, 0.3) is 0 Å². The molecule has 1 aromatic carbocycles. The molecule has 9 heteroatoms. The normalized spacial score (nSPS) is 17.0. The lowest BCUT2D eigenvalue weighted by atomic mass is 10.0. The largest absolute Gasteiger partial charge is 0.573 e. The quantitative estimate of drug-likeness (QED) is 0.695. The fraction of sp³-hybridized carbons (Fsp3) is 0.429. The van der Waals surface area contributed by atoms with E-state index in [1.165, 1.54) is 12.1 Å². The number of anilines is 1. The molecule has 1 saturated heterocycles. The second-order valence-electron chi connectivity index (χ2n) is 7.11. The highest BCUT2D eigenvalue weighted by molar-refractivity contribution is 5.66. The summed E-state index contributed by atoms with van der Waals surface area (Å²) in [4.78, 5) is 17.2. The van der Waals surface area contributed by atoms with Crippen LogP contribution in [0.5, 0.6) is 5.75 Å². The molecule has 30 heavy (non-hydrogen) atoms. The topological polar surface area (TPSA) is 71.9 Å². The molecule has 1 N–H and O–H groups in total. The number of benzene rings is 1. The molecule has 0 bridgehead atoms. The number of ether oxygens (including phenoxy) is 2. The molecule has 1 aromatic heterocycles. The average molecular weight is 424 g/mol. The number of aryl methyl sites for hydroxylation is 2. The number of rotatable bonds is 8. The van der Waals surface area contributed by atoms with Crippen molar-refractivity contribution in [2.75, 3.05) is 24.6 Å². The van der Waals surface area contributed by atoms with E-state index in [9.17, 15) is 18.0 Å². The van der Waals surface area contributed by atoms with E-state index in [0.29, 0.717) is 39.0 Å². The van der Waals surface area contributed by atoms with Gasteiger partial charge in [0.2, 0.25) is 0 Å². The van der Waals surface area contributed by atoms with E-state index in [1.54, 1.807) is 24.5 Å². The number of hydrogen-bond donors (Lipinski definition) is 1. The van der Waals surface area contributed by atoms with Crippen LogP contribution in [0.3, 0.4) is 0 Å². The minimum absolute atomic E-state index is 0.0730. The van der Waals surface area contributed by atoms with Crippen molar-refractivity contribution in [2.24, 2.45) is 0 Å². The molecule has 0 spiro atoms. The third kappa shape index (κ3) is 6.91. The van der Waals surface area contributed by atoms with Crippen molar-refractivity contribution in [3.63, 3.8) is 0 Å². The highest BCUT2D eigenvalue weighted by Gasteiger charge is 2.31. The Bertz CT molecular complexity index is 843. The van der Waals surface area contributed by atoms with Crippen LogP contribution >= 0.6 is 0 Å². The van der Waals surface area contributed by atoms with Gasteiger partial charge in [0.1, 0.15) is 5.75 Å². The van der Waals surface area contributed by atoms with Gasteiger partial charge in [-0.1, -0.05) is 12.1 Å². The average Bonchev–Trinajstić information content (AvgIpc) is 2.71. The van der Waals surface area contributed by atoms with E-state index in [-0.39, 0.29) is 18.3 Å². The minimum atomic E-state index is -4.69. The van der Waals surface area contributed by atoms with E-state index in [2.05, 4.69) is 14.6 Å². The smallest absolute Gasteiger partial charge is 0.481 e. The SMILES string of the molecule is O=C(O)CC[C@H]1CN(c2cncc(CCc3ccc(OC(F)(F)F)cc3)c2)CCO1. The van der Waals surface area contributed by atoms with Crippen LogP contribution < -0.4 is 9.64 Å². The van der Waals surface area contributed by atoms with Gasteiger partial charge in [-0.05, 0) is 48.6 Å². The second-order valence-corrected chi connectivity index (χ2v) is 7.11. The zero-order valence-corrected chi connectivity index (χ0v) is 16.3. The Morgan fingerprint density at radius 1 is 1.20 bits per heavy atom. The maximum atomic E-state index is 12.2. The molecular formula is C21H23F3N2O4. The summed E-state index contributed by atoms with van der Waals surface area (Å²) >= 11 is 0. The van der Waals surface area contributed by atoms with Crippen LogP contribution in [0.1, 0.15) is 24.0 Å². The second kappa shape index (κ2) is 9.80. The number of pyridine rings is 1. The van der Waals surface area contributed by atoms with Gasteiger partial charge in [0, 0.05) is 25.7 Å². The Hall–Kier alpha value is -2.81. The van der Waals surface area contributed by atoms with Gasteiger partial charge in [0.15, 0.2) is 0 Å². The van der Waals surface area contributed by atoms with Crippen molar-refractivity contribution >= 4 is 11.7 Å². The summed E-state index contributed by atoms with van der Waals surface area (Å²) in [6.45, 7) is 1.84. The predicted octanol–water partition coefficient (Wildman–Crippen LogP) is 3.84. The molecule has 1 aliphatic heterocycles. The predicted molar refractivity (Wildman–Crippen MR) is 104 cm³/mol. The minimum Gasteiger partial charge on any atom is -0.481 e. The maximum Gasteiger partial charge on any atom is 0.573 e. The molecular weight excluding hydrogens is 401 g/mol. The molecule has 1 fully saturated rings. The van der Waals surface area contributed by atoms with Crippen molar-refractivity contribution in [3.05, 3.63) is 53.9 Å². The van der Waals surface area contributed by atoms with E-state index in [0.717, 1.165) is 16.8 Å². The van der Waals surface area contributed by atoms with Crippen LogP contribution in [-0.2, 0) is 22.4 Å². The fourth-order valence-corrected chi connectivity index (χ4v) is 3.34. The number of morpholine rings is 1. The maximum absolute atomic E-state index is 12.2. The molecule has 2 heterocycles. The highest BCUT2D eigenvalue weighted by atomic mass is 19.4. The lowest BCUT2D eigenvalue weighted by Crippen LogP contribution is -2.42. The molecule has 2 aromatic rings. The Balaban J connectivity index is 1.56. The van der Waals surface area contributed by atoms with E-state index < -0.39 is 12.3 Å². The lowest BCUT2D eigenvalue weighted by Gasteiger charge is -2.34. The van der Waals surface area contributed by atoms with Gasteiger partial charge in [-0.2, -0.15) is 0 Å². The molecule has 6 nitrogen and oxygen atoms in total. The first-order chi connectivity index (χ1) is 14.3. The number of carboxylic acid groups (broad SMARTS) is 1. The van der Waals surface area contributed by atoms with E-state index in [1.807, 2.05) is 6.07 Å². The molecule has 1 atom stereocenters. The molecule has 0 saturated carbocycles. The first-order valence-electron chi connectivity index (χ1n) is 9.65. The van der Waals surface area contributed by atoms with Gasteiger partial charge in [-0.25, -0.2) is 0 Å². The fourth-order valence-electron chi connectivity index (χ4n) is 3.34. The number of carboxylic acids is 1. The van der Waals surface area contributed by atoms with Gasteiger partial charge in [-0.3, -0.25) is 9.78 Å². The number of alkyl halides is 3. The summed E-state index contributed by atoms with van der Waals surface area (Å²) in [5, 5.41) is 8.85. The molecule has 1 aliphatic rings. The standard InChI is InChI=1S/C21H23F3N2O4/c22-21(23,24)30-18-5-3-15(4-6-18)1-2-16-11-17(13-25-12-16)26-9-10-29-19(14-26)7-8-20(27)28/h3-6,11-13,19H,1-2,7-10,14H2,(H,27,28)/t19-/m0/s1. The molecule has 0 amide bonds. The van der Waals surface area contributed by atoms with Crippen LogP contribution in [-0.4, -0.2) is 48.2 Å². The van der Waals surface area contributed by atoms with Gasteiger partial charge < -0.3 is 19.5 Å². The van der Waals surface area contributed by atoms with Crippen molar-refractivity contribution < 1.29 is 32.5 Å². The van der Waals surface area contributed by atoms with Gasteiger partial charge in [-0.15, -0.1) is 13.2 Å². The number of aromatic nitrogens is 1. The zero-order valence-electron chi connectivity index (χ0n) is 16.3. The molecule has 0 unspecified atom stereocenters. The molecule has 3 rings (SSSR count). The third-order valence-corrected chi connectivity index (χ3v) is 4.82. The summed E-state index contributed by atoms with van der Waals surface area (Å²) in [7, 11) is 0. The van der Waals surface area contributed by atoms with Crippen LogP contribution in [0.2, 0.25) is 0 Å². The summed E-state index contributed by atoms with van der Waals surface area (Å²) < 4.78 is 46.2. The molecule has 0 radical (unpaired) electrons. The number of carbonyl (C=O) groups is 1. The number of nitrogens with zero attached hydrogens (tertiary/aromatic N) is 2. The van der Waals surface area contributed by atoms with E-state index in [4.69, 9.17) is 9.84 Å². The van der Waals surface area contributed by atoms with Gasteiger partial charge in [0.25, 0.3) is 0 Å². The van der Waals surface area contributed by atoms with Crippen LogP contribution in [0.4, 0.5) is 18.9 Å². The summed E-state index contributed by atoms with van der Waals surface area (Å²) in [5.41, 5.74) is 2.86. The summed E-state index contributed by atoms with van der Waals surface area (Å²) in [6.07, 6.45) is 0.598. The Labute approximate surface area is 172 Å². The molecule has 162 valence electrons. The molecule has 0 aliphatic carbocycles. The van der Waals surface area contributed by atoms with Crippen molar-refractivity contribution in [3.8, 4) is 5.75 Å². The first kappa shape index (κ1) is 21.9. The Morgan fingerprint density at radius 3 is 2.63 bits per heavy atom. The lowest BCUT2D eigenvalue weighted by molar-refractivity contribution is -0.274. The Kier molecular flexibility index (Phi) is 7.15. The van der Waals surface area contributed by atoms with Crippen LogP contribution in [0, 0.1) is 0 Å². The number of aliphatic carboxylic acids is 1. The van der Waals surface area contributed by atoms with Crippen molar-refractivity contribution in [1.82, 2.24) is 4.98 Å². The van der Waals surface area contributed by atoms with E-state index >= 15 is 0 Å². The van der Waals surface area contributed by atoms with Crippen molar-refractivity contribution in [2.45, 2.75) is 38.1 Å². The summed E-state index contributed by atoms with van der Waals surface area (Å²) in [5.74, 6) is -1.07. The van der Waals surface area contributed by atoms with Crippen molar-refractivity contribution in [1.29, 1.82) is 0 Å². The summed E-state index contributed by atoms with van der Waals surface area (Å²) in [6, 6.07) is 7.89. The Morgan fingerprint density at radius 2 is 1.93 bits per heavy atom. The van der Waals surface area contributed by atoms with Gasteiger partial charge in [0.05, 0.1) is 24.6 Å². The number of hydrogen-bond acceptors (Lipinski definition) is 5. The highest BCUT2D eigenvalue weighted by Crippen LogP contribution is 2.24. The van der Waals surface area contributed by atoms with Crippen LogP contribution in [0.15, 0.2) is 42.7 Å². The van der Waals surface area contributed by atoms with Gasteiger partial charge >= 0.3 is 12.3 Å². The number of halogens is 3.